The molecule has 0 bridgehead atoms. The van der Waals surface area contributed by atoms with Gasteiger partial charge in [0.1, 0.15) is 0 Å². The summed E-state index contributed by atoms with van der Waals surface area (Å²) in [6.07, 6.45) is 1.96. The molecule has 1 N–H and O–H groups in total. The first-order chi connectivity index (χ1) is 13.2. The summed E-state index contributed by atoms with van der Waals surface area (Å²) in [6, 6.07) is 15.4. The zero-order chi connectivity index (χ0) is 18.8. The summed E-state index contributed by atoms with van der Waals surface area (Å²) < 4.78 is 0. The van der Waals surface area contributed by atoms with Crippen LogP contribution in [0.2, 0.25) is 10.0 Å². The number of hydrogen-bond acceptors (Lipinski definition) is 3. The van der Waals surface area contributed by atoms with Crippen LogP contribution in [-0.2, 0) is 0 Å². The van der Waals surface area contributed by atoms with E-state index in [0.29, 0.717) is 22.0 Å². The van der Waals surface area contributed by atoms with Crippen molar-refractivity contribution < 1.29 is 5.11 Å². The molecule has 0 radical (unpaired) electrons. The number of aliphatic hydroxyl groups excluding tert-OH is 1. The van der Waals surface area contributed by atoms with Crippen molar-refractivity contribution >= 4 is 48.0 Å². The van der Waals surface area contributed by atoms with Crippen molar-refractivity contribution in [3.8, 4) is 0 Å². The van der Waals surface area contributed by atoms with Crippen molar-refractivity contribution in [2.45, 2.75) is 24.8 Å². The van der Waals surface area contributed by atoms with Gasteiger partial charge in [-0.1, -0.05) is 53.5 Å². The van der Waals surface area contributed by atoms with Gasteiger partial charge in [-0.15, -0.1) is 24.8 Å². The quantitative estimate of drug-likeness (QED) is 0.623. The van der Waals surface area contributed by atoms with E-state index in [0.717, 1.165) is 45.6 Å². The monoisotopic (exact) mass is 476 g/mol. The molecular formula is C22H28Cl4N2O. The maximum atomic E-state index is 9.05. The first-order valence-corrected chi connectivity index (χ1v) is 10.5. The number of rotatable bonds is 5. The Kier molecular flexibility index (Phi) is 9.56. The predicted octanol–water partition coefficient (Wildman–Crippen LogP) is 5.41. The van der Waals surface area contributed by atoms with Crippen molar-refractivity contribution in [3.63, 3.8) is 0 Å². The van der Waals surface area contributed by atoms with E-state index < -0.39 is 0 Å². The Morgan fingerprint density at radius 2 is 1.59 bits per heavy atom. The Bertz CT molecular complexity index is 796. The maximum Gasteiger partial charge on any atom is 0.0595 e. The molecule has 2 aromatic rings. The first-order valence-electron chi connectivity index (χ1n) is 9.78. The van der Waals surface area contributed by atoms with Crippen LogP contribution in [0.25, 0.3) is 0 Å². The average Bonchev–Trinajstić information content (AvgIpc) is 3.09. The number of benzene rings is 2. The van der Waals surface area contributed by atoms with Crippen LogP contribution in [0.1, 0.15) is 41.5 Å². The average molecular weight is 478 g/mol. The van der Waals surface area contributed by atoms with E-state index in [1.165, 1.54) is 16.7 Å². The third-order valence-corrected chi connectivity index (χ3v) is 6.75. The highest BCUT2D eigenvalue weighted by atomic mass is 35.5. The topological polar surface area (TPSA) is 26.7 Å². The van der Waals surface area contributed by atoms with Crippen molar-refractivity contribution in [2.24, 2.45) is 0 Å². The summed E-state index contributed by atoms with van der Waals surface area (Å²) in [7, 11) is 0. The van der Waals surface area contributed by atoms with Gasteiger partial charge < -0.3 is 10.0 Å². The number of hydrogen-bond donors (Lipinski definition) is 1. The molecule has 1 aliphatic carbocycles. The smallest absolute Gasteiger partial charge is 0.0595 e. The molecule has 0 spiro atoms. The fraction of sp³-hybridized carbons (Fsp3) is 0.455. The van der Waals surface area contributed by atoms with Crippen molar-refractivity contribution in [3.05, 3.63) is 69.2 Å². The maximum absolute atomic E-state index is 9.05. The molecule has 1 fully saturated rings. The highest BCUT2D eigenvalue weighted by Crippen LogP contribution is 2.47. The van der Waals surface area contributed by atoms with Crippen LogP contribution < -0.4 is 0 Å². The Morgan fingerprint density at radius 1 is 0.897 bits per heavy atom. The highest BCUT2D eigenvalue weighted by molar-refractivity contribution is 6.42. The predicted molar refractivity (Wildman–Crippen MR) is 126 cm³/mol. The van der Waals surface area contributed by atoms with Crippen molar-refractivity contribution in [1.29, 1.82) is 0 Å². The van der Waals surface area contributed by atoms with Crippen LogP contribution in [-0.4, -0.2) is 54.2 Å². The van der Waals surface area contributed by atoms with Crippen LogP contribution >= 0.6 is 48.0 Å². The van der Waals surface area contributed by atoms with Gasteiger partial charge in [-0.3, -0.25) is 4.90 Å². The van der Waals surface area contributed by atoms with E-state index in [2.05, 4.69) is 40.1 Å². The lowest BCUT2D eigenvalue weighted by atomic mass is 9.93. The lowest BCUT2D eigenvalue weighted by molar-refractivity contribution is 0.0903. The van der Waals surface area contributed by atoms with Crippen LogP contribution in [0, 0.1) is 0 Å². The van der Waals surface area contributed by atoms with Crippen molar-refractivity contribution in [1.82, 2.24) is 9.80 Å². The minimum Gasteiger partial charge on any atom is -0.396 e. The second-order valence-corrected chi connectivity index (χ2v) is 8.38. The molecule has 0 aromatic heterocycles. The second-order valence-electron chi connectivity index (χ2n) is 7.56. The van der Waals surface area contributed by atoms with Gasteiger partial charge in [-0.2, -0.15) is 0 Å². The van der Waals surface area contributed by atoms with Gasteiger partial charge in [0.15, 0.2) is 0 Å². The van der Waals surface area contributed by atoms with Crippen LogP contribution in [0.3, 0.4) is 0 Å². The summed E-state index contributed by atoms with van der Waals surface area (Å²) in [4.78, 5) is 5.09. The van der Waals surface area contributed by atoms with E-state index >= 15 is 0 Å². The molecule has 1 aliphatic heterocycles. The summed E-state index contributed by atoms with van der Waals surface area (Å²) >= 11 is 12.4. The number of nitrogens with zero attached hydrogens (tertiary/aromatic N) is 2. The van der Waals surface area contributed by atoms with Crippen molar-refractivity contribution in [2.75, 3.05) is 39.3 Å². The molecule has 3 nitrogen and oxygen atoms in total. The molecule has 2 aliphatic rings. The Morgan fingerprint density at radius 3 is 2.24 bits per heavy atom. The first kappa shape index (κ1) is 24.7. The minimum atomic E-state index is 0. The van der Waals surface area contributed by atoms with E-state index in [1.54, 1.807) is 0 Å². The molecule has 160 valence electrons. The molecule has 1 heterocycles. The second kappa shape index (κ2) is 11.2. The largest absolute Gasteiger partial charge is 0.396 e. The molecular weight excluding hydrogens is 450 g/mol. The number of piperazine rings is 1. The standard InChI is InChI=1S/C22H26Cl2N2O.2ClH/c23-20-7-6-16(14-21(20)24)19-15-22(18-5-2-1-4-17(18)19)26-11-9-25(10-12-26)8-3-13-27;;/h1-2,4-7,14,19,22,27H,3,8-13,15H2;2*1H. The van der Waals surface area contributed by atoms with E-state index in [9.17, 15) is 0 Å². The zero-order valence-electron chi connectivity index (χ0n) is 16.3. The number of aliphatic hydroxyl groups is 1. The van der Waals surface area contributed by atoms with Gasteiger partial charge >= 0.3 is 0 Å². The molecule has 2 atom stereocenters. The molecule has 0 saturated carbocycles. The molecule has 4 rings (SSSR count). The van der Waals surface area contributed by atoms with Gasteiger partial charge in [-0.25, -0.2) is 0 Å². The van der Waals surface area contributed by atoms with Gasteiger partial charge in [0, 0.05) is 51.3 Å². The summed E-state index contributed by atoms with van der Waals surface area (Å²) in [5.41, 5.74) is 4.13. The fourth-order valence-corrected chi connectivity index (χ4v) is 4.90. The molecule has 2 aromatic carbocycles. The van der Waals surface area contributed by atoms with Gasteiger partial charge in [0.05, 0.1) is 10.0 Å². The molecule has 29 heavy (non-hydrogen) atoms. The SMILES string of the molecule is Cl.Cl.OCCCN1CCN(C2CC(c3ccc(Cl)c(Cl)c3)c3ccccc32)CC1. The highest BCUT2D eigenvalue weighted by Gasteiger charge is 2.36. The van der Waals surface area contributed by atoms with Crippen LogP contribution in [0.15, 0.2) is 42.5 Å². The minimum absolute atomic E-state index is 0. The van der Waals surface area contributed by atoms with Crippen LogP contribution in [0.4, 0.5) is 0 Å². The normalized spacial score (nSPS) is 21.9. The summed E-state index contributed by atoms with van der Waals surface area (Å²) in [5, 5.41) is 10.3. The fourth-order valence-electron chi connectivity index (χ4n) is 4.59. The van der Waals surface area contributed by atoms with E-state index in [1.807, 2.05) is 12.1 Å². The van der Waals surface area contributed by atoms with Gasteiger partial charge in [0.25, 0.3) is 0 Å². The Balaban J connectivity index is 0.00000150. The van der Waals surface area contributed by atoms with E-state index in [4.69, 9.17) is 28.3 Å². The molecule has 2 unspecified atom stereocenters. The molecule has 7 heteroatoms. The lowest BCUT2D eigenvalue weighted by Crippen LogP contribution is -2.47. The third-order valence-electron chi connectivity index (χ3n) is 6.02. The zero-order valence-corrected chi connectivity index (χ0v) is 19.4. The molecule has 1 saturated heterocycles. The lowest BCUT2D eigenvalue weighted by Gasteiger charge is -2.38. The number of fused-ring (bicyclic) bond motifs is 1. The van der Waals surface area contributed by atoms with Crippen LogP contribution in [0.5, 0.6) is 0 Å². The molecule has 0 amide bonds. The third kappa shape index (κ3) is 5.40. The Hall–Kier alpha value is -0.520. The Labute approximate surface area is 195 Å². The van der Waals surface area contributed by atoms with E-state index in [-0.39, 0.29) is 31.4 Å². The summed E-state index contributed by atoms with van der Waals surface area (Å²) in [5.74, 6) is 0.369. The number of halogens is 4. The summed E-state index contributed by atoms with van der Waals surface area (Å²) in [6.45, 7) is 5.60. The van der Waals surface area contributed by atoms with Gasteiger partial charge in [0.2, 0.25) is 0 Å². The van der Waals surface area contributed by atoms with Gasteiger partial charge in [-0.05, 0) is 41.7 Å².